The van der Waals surface area contributed by atoms with Gasteiger partial charge in [0.15, 0.2) is 0 Å². The van der Waals surface area contributed by atoms with E-state index in [1.165, 1.54) is 30.5 Å². The van der Waals surface area contributed by atoms with Gasteiger partial charge in [-0.1, -0.05) is 43.2 Å². The smallest absolute Gasteiger partial charge is 0.230 e. The van der Waals surface area contributed by atoms with Gasteiger partial charge >= 0.3 is 0 Å². The molecule has 1 amide bonds. The summed E-state index contributed by atoms with van der Waals surface area (Å²) in [6.45, 7) is 0. The standard InChI is InChI=1S/C27H24FN3O/c28-22-8-10-23(11-9-22)31-25-13-12-24(15-21(25)17-29-31)30-26(19-4-2-1-3-5-19)16-20(27(30)32)14-18-6-7-18/h1-5,8-13,15,17-18,20,26H,6-7,14,16H2/t20-,26?/m0/s1. The fourth-order valence-electron chi connectivity index (χ4n) is 5.00. The van der Waals surface area contributed by atoms with E-state index in [2.05, 4.69) is 23.3 Å². The molecule has 4 nitrogen and oxygen atoms in total. The Labute approximate surface area is 186 Å². The van der Waals surface area contributed by atoms with E-state index in [1.54, 1.807) is 16.8 Å². The second kappa shape index (κ2) is 7.59. The van der Waals surface area contributed by atoms with Crippen LogP contribution in [0.4, 0.5) is 10.1 Å². The number of halogens is 1. The average Bonchev–Trinajstić information content (AvgIpc) is 3.45. The van der Waals surface area contributed by atoms with E-state index in [4.69, 9.17) is 0 Å². The maximum atomic E-state index is 13.5. The molecule has 0 spiro atoms. The molecule has 0 radical (unpaired) electrons. The van der Waals surface area contributed by atoms with Crippen molar-refractivity contribution in [3.8, 4) is 5.69 Å². The topological polar surface area (TPSA) is 38.1 Å². The van der Waals surface area contributed by atoms with Crippen LogP contribution in [-0.2, 0) is 4.79 Å². The Morgan fingerprint density at radius 3 is 2.44 bits per heavy atom. The lowest BCUT2D eigenvalue weighted by molar-refractivity contribution is -0.120. The van der Waals surface area contributed by atoms with Gasteiger partial charge in [0.1, 0.15) is 5.82 Å². The van der Waals surface area contributed by atoms with E-state index in [-0.39, 0.29) is 23.7 Å². The minimum Gasteiger partial charge on any atom is -0.305 e. The maximum absolute atomic E-state index is 13.5. The normalized spacial score (nSPS) is 20.9. The molecular formula is C27H24FN3O. The van der Waals surface area contributed by atoms with Crippen LogP contribution in [0.5, 0.6) is 0 Å². The quantitative estimate of drug-likeness (QED) is 0.390. The second-order valence-corrected chi connectivity index (χ2v) is 9.02. The Bertz CT molecular complexity index is 1280. The maximum Gasteiger partial charge on any atom is 0.230 e. The number of hydrogen-bond acceptors (Lipinski definition) is 2. The summed E-state index contributed by atoms with van der Waals surface area (Å²) in [6.07, 6.45) is 6.19. The lowest BCUT2D eigenvalue weighted by Crippen LogP contribution is -2.29. The summed E-state index contributed by atoms with van der Waals surface area (Å²) >= 11 is 0. The zero-order valence-corrected chi connectivity index (χ0v) is 17.7. The number of fused-ring (bicyclic) bond motifs is 1. The summed E-state index contributed by atoms with van der Waals surface area (Å²) in [6, 6.07) is 22.8. The molecule has 1 unspecified atom stereocenters. The second-order valence-electron chi connectivity index (χ2n) is 9.02. The van der Waals surface area contributed by atoms with E-state index in [0.29, 0.717) is 0 Å². The van der Waals surface area contributed by atoms with Crippen LogP contribution >= 0.6 is 0 Å². The van der Waals surface area contributed by atoms with E-state index >= 15 is 0 Å². The molecule has 1 saturated heterocycles. The van der Waals surface area contributed by atoms with E-state index in [9.17, 15) is 9.18 Å². The van der Waals surface area contributed by atoms with Gasteiger partial charge in [-0.2, -0.15) is 5.10 Å². The molecule has 2 aliphatic rings. The fraction of sp³-hybridized carbons (Fsp3) is 0.259. The number of anilines is 1. The molecule has 2 atom stereocenters. The molecule has 160 valence electrons. The molecule has 4 aromatic rings. The number of carbonyl (C=O) groups excluding carboxylic acids is 1. The third-order valence-electron chi connectivity index (χ3n) is 6.81. The van der Waals surface area contributed by atoms with Crippen LogP contribution in [-0.4, -0.2) is 15.7 Å². The average molecular weight is 426 g/mol. The Balaban J connectivity index is 1.38. The summed E-state index contributed by atoms with van der Waals surface area (Å²) in [4.78, 5) is 15.5. The highest BCUT2D eigenvalue weighted by molar-refractivity contribution is 6.00. The summed E-state index contributed by atoms with van der Waals surface area (Å²) in [7, 11) is 0. The first kappa shape index (κ1) is 19.2. The van der Waals surface area contributed by atoms with Gasteiger partial charge in [0, 0.05) is 17.0 Å². The first-order chi connectivity index (χ1) is 15.7. The molecule has 1 aromatic heterocycles. The van der Waals surface area contributed by atoms with Crippen molar-refractivity contribution in [2.75, 3.05) is 4.90 Å². The lowest BCUT2D eigenvalue weighted by atomic mass is 9.95. The van der Waals surface area contributed by atoms with Crippen molar-refractivity contribution in [3.05, 3.63) is 90.4 Å². The van der Waals surface area contributed by atoms with Gasteiger partial charge in [-0.25, -0.2) is 9.07 Å². The van der Waals surface area contributed by atoms with Crippen molar-refractivity contribution in [1.82, 2.24) is 9.78 Å². The molecule has 5 heteroatoms. The molecule has 0 bridgehead atoms. The zero-order valence-electron chi connectivity index (χ0n) is 17.7. The van der Waals surface area contributed by atoms with Crippen LogP contribution in [0.2, 0.25) is 0 Å². The van der Waals surface area contributed by atoms with Gasteiger partial charge in [0.2, 0.25) is 5.91 Å². The molecular weight excluding hydrogens is 401 g/mol. The third-order valence-corrected chi connectivity index (χ3v) is 6.81. The molecule has 0 N–H and O–H groups in total. The van der Waals surface area contributed by atoms with Gasteiger partial charge in [0.25, 0.3) is 0 Å². The number of hydrogen-bond donors (Lipinski definition) is 0. The first-order valence-electron chi connectivity index (χ1n) is 11.3. The number of benzene rings is 3. The van der Waals surface area contributed by atoms with Crippen molar-refractivity contribution in [3.63, 3.8) is 0 Å². The van der Waals surface area contributed by atoms with Crippen LogP contribution in [0.3, 0.4) is 0 Å². The summed E-state index contributed by atoms with van der Waals surface area (Å²) in [5.74, 6) is 0.769. The predicted molar refractivity (Wildman–Crippen MR) is 123 cm³/mol. The van der Waals surface area contributed by atoms with Crippen molar-refractivity contribution in [1.29, 1.82) is 0 Å². The van der Waals surface area contributed by atoms with E-state index < -0.39 is 0 Å². The van der Waals surface area contributed by atoms with Crippen molar-refractivity contribution >= 4 is 22.5 Å². The largest absolute Gasteiger partial charge is 0.305 e. The van der Waals surface area contributed by atoms with Gasteiger partial charge in [-0.15, -0.1) is 0 Å². The zero-order chi connectivity index (χ0) is 21.7. The van der Waals surface area contributed by atoms with Gasteiger partial charge in [-0.05, 0) is 66.8 Å². The molecule has 3 aromatic carbocycles. The Morgan fingerprint density at radius 2 is 1.69 bits per heavy atom. The number of amides is 1. The number of aromatic nitrogens is 2. The predicted octanol–water partition coefficient (Wildman–Crippen LogP) is 6.06. The van der Waals surface area contributed by atoms with Crippen LogP contribution in [0.15, 0.2) is 79.0 Å². The van der Waals surface area contributed by atoms with Gasteiger partial charge in [-0.3, -0.25) is 4.79 Å². The third kappa shape index (κ3) is 3.38. The summed E-state index contributed by atoms with van der Waals surface area (Å²) in [5, 5.41) is 5.47. The van der Waals surface area contributed by atoms with E-state index in [1.807, 2.05) is 41.4 Å². The Morgan fingerprint density at radius 1 is 0.938 bits per heavy atom. The number of rotatable bonds is 5. The molecule has 6 rings (SSSR count). The minimum atomic E-state index is -0.271. The minimum absolute atomic E-state index is 0.0528. The first-order valence-corrected chi connectivity index (χ1v) is 11.3. The fourth-order valence-corrected chi connectivity index (χ4v) is 5.00. The monoisotopic (exact) mass is 425 g/mol. The summed E-state index contributed by atoms with van der Waals surface area (Å²) < 4.78 is 15.1. The van der Waals surface area contributed by atoms with Crippen LogP contribution in [0.1, 0.15) is 37.3 Å². The van der Waals surface area contributed by atoms with Crippen LogP contribution in [0.25, 0.3) is 16.6 Å². The van der Waals surface area contributed by atoms with Gasteiger partial charge in [0.05, 0.1) is 23.4 Å². The molecule has 1 saturated carbocycles. The highest BCUT2D eigenvalue weighted by Gasteiger charge is 2.43. The number of nitrogens with zero attached hydrogens (tertiary/aromatic N) is 3. The Kier molecular flexibility index (Phi) is 4.56. The van der Waals surface area contributed by atoms with E-state index in [0.717, 1.165) is 41.0 Å². The van der Waals surface area contributed by atoms with Crippen molar-refractivity contribution in [2.45, 2.75) is 31.7 Å². The lowest BCUT2D eigenvalue weighted by Gasteiger charge is -2.25. The van der Waals surface area contributed by atoms with Crippen LogP contribution < -0.4 is 4.90 Å². The van der Waals surface area contributed by atoms with Gasteiger partial charge < -0.3 is 4.90 Å². The van der Waals surface area contributed by atoms with Crippen LogP contribution in [0, 0.1) is 17.7 Å². The highest BCUT2D eigenvalue weighted by Crippen LogP contribution is 2.46. The molecule has 32 heavy (non-hydrogen) atoms. The molecule has 1 aliphatic heterocycles. The molecule has 1 aliphatic carbocycles. The van der Waals surface area contributed by atoms with Crippen molar-refractivity contribution < 1.29 is 9.18 Å². The summed E-state index contributed by atoms with van der Waals surface area (Å²) in [5.41, 5.74) is 3.82. The highest BCUT2D eigenvalue weighted by atomic mass is 19.1. The Hall–Kier alpha value is -3.47. The SMILES string of the molecule is O=C1[C@@H](CC2CC2)CC(c2ccccc2)N1c1ccc2c(cnn2-c2ccc(F)cc2)c1. The van der Waals surface area contributed by atoms with Crippen molar-refractivity contribution in [2.24, 2.45) is 11.8 Å². The molecule has 2 fully saturated rings. The molecule has 2 heterocycles. The number of carbonyl (C=O) groups is 1.